The van der Waals surface area contributed by atoms with E-state index >= 15 is 0 Å². The first-order valence-electron chi connectivity index (χ1n) is 9.07. The predicted octanol–water partition coefficient (Wildman–Crippen LogP) is -1.60. The molecule has 0 spiro atoms. The quantitative estimate of drug-likeness (QED) is 0.602. The van der Waals surface area contributed by atoms with Gasteiger partial charge in [0.15, 0.2) is 6.04 Å². The Balaban J connectivity index is 1.69. The molecule has 0 saturated carbocycles. The predicted molar refractivity (Wildman–Crippen MR) is 87.4 cm³/mol. The van der Waals surface area contributed by atoms with Gasteiger partial charge in [-0.3, -0.25) is 0 Å². The first-order valence-corrected chi connectivity index (χ1v) is 9.07. The van der Waals surface area contributed by atoms with Gasteiger partial charge in [-0.05, 0) is 31.5 Å². The number of quaternary nitrogens is 3. The van der Waals surface area contributed by atoms with Crippen molar-refractivity contribution in [2.24, 2.45) is 0 Å². The fourth-order valence-corrected chi connectivity index (χ4v) is 4.15. The zero-order chi connectivity index (χ0) is 15.4. The molecule has 4 heteroatoms. The molecule has 4 N–H and O–H groups in total. The lowest BCUT2D eigenvalue weighted by atomic mass is 9.94. The number of nitrogens with two attached hydrogens (primary N) is 1. The van der Waals surface area contributed by atoms with Crippen molar-refractivity contribution in [3.8, 4) is 5.75 Å². The lowest BCUT2D eigenvalue weighted by Crippen LogP contribution is -3.29. The summed E-state index contributed by atoms with van der Waals surface area (Å²) in [7, 11) is 0. The van der Waals surface area contributed by atoms with Crippen molar-refractivity contribution in [1.29, 1.82) is 0 Å². The molecule has 1 aromatic carbocycles. The molecule has 0 unspecified atom stereocenters. The molecule has 0 aromatic heterocycles. The van der Waals surface area contributed by atoms with Gasteiger partial charge in [-0.15, -0.1) is 0 Å². The number of hydrogen-bond acceptors (Lipinski definition) is 1. The standard InChI is InChI=1S/C18H29N3O/c1-3-7-20-8-10-21(11-9-20)18-14-19-13-15-12-16(22-4-2)5-6-17(15)18/h5-6,12,18-19H,3-4,7-11,13-14H2,1-2H3/p+3/t18-/m1/s1. The van der Waals surface area contributed by atoms with Crippen LogP contribution in [-0.4, -0.2) is 45.9 Å². The largest absolute Gasteiger partial charge is 0.494 e. The summed E-state index contributed by atoms with van der Waals surface area (Å²) >= 11 is 0. The molecule has 0 amide bonds. The maximum Gasteiger partial charge on any atom is 0.163 e. The Hall–Kier alpha value is -1.10. The molecular weight excluding hydrogens is 274 g/mol. The first kappa shape index (κ1) is 15.8. The van der Waals surface area contributed by atoms with Crippen LogP contribution < -0.4 is 19.9 Å². The van der Waals surface area contributed by atoms with Crippen LogP contribution in [0.5, 0.6) is 5.75 Å². The highest BCUT2D eigenvalue weighted by Crippen LogP contribution is 2.23. The Morgan fingerprint density at radius 2 is 2.00 bits per heavy atom. The van der Waals surface area contributed by atoms with Crippen LogP contribution in [0.3, 0.4) is 0 Å². The SMILES string of the molecule is CCC[NH+]1CC[NH+]([C@@H]2C[NH2+]Cc3cc(OCC)ccc32)CC1. The molecule has 1 saturated heterocycles. The third-order valence-corrected chi connectivity index (χ3v) is 5.26. The molecule has 0 bridgehead atoms. The smallest absolute Gasteiger partial charge is 0.163 e. The Morgan fingerprint density at radius 1 is 1.18 bits per heavy atom. The average molecular weight is 306 g/mol. The monoisotopic (exact) mass is 306 g/mol. The zero-order valence-corrected chi connectivity index (χ0v) is 14.2. The van der Waals surface area contributed by atoms with Crippen molar-refractivity contribution in [2.45, 2.75) is 32.9 Å². The van der Waals surface area contributed by atoms with E-state index < -0.39 is 0 Å². The summed E-state index contributed by atoms with van der Waals surface area (Å²) in [6, 6.07) is 7.43. The molecule has 0 radical (unpaired) electrons. The van der Waals surface area contributed by atoms with E-state index in [-0.39, 0.29) is 0 Å². The van der Waals surface area contributed by atoms with E-state index in [2.05, 4.69) is 37.4 Å². The van der Waals surface area contributed by atoms with Gasteiger partial charge in [0.25, 0.3) is 0 Å². The van der Waals surface area contributed by atoms with Crippen LogP contribution >= 0.6 is 0 Å². The van der Waals surface area contributed by atoms with Gasteiger partial charge in [0.2, 0.25) is 0 Å². The number of fused-ring (bicyclic) bond motifs is 1. The molecule has 1 fully saturated rings. The maximum atomic E-state index is 5.67. The van der Waals surface area contributed by atoms with Crippen molar-refractivity contribution >= 4 is 0 Å². The molecule has 3 rings (SSSR count). The van der Waals surface area contributed by atoms with Gasteiger partial charge < -0.3 is 19.9 Å². The Labute approximate surface area is 134 Å². The number of rotatable bonds is 5. The van der Waals surface area contributed by atoms with Crippen LogP contribution in [0, 0.1) is 0 Å². The number of benzene rings is 1. The Bertz CT molecular complexity index is 483. The summed E-state index contributed by atoms with van der Waals surface area (Å²) in [6.45, 7) is 14.1. The molecule has 1 aromatic rings. The summed E-state index contributed by atoms with van der Waals surface area (Å²) in [6.07, 6.45) is 1.31. The van der Waals surface area contributed by atoms with Crippen LogP contribution in [0.15, 0.2) is 18.2 Å². The van der Waals surface area contributed by atoms with E-state index in [1.165, 1.54) is 51.3 Å². The highest BCUT2D eigenvalue weighted by Gasteiger charge is 2.35. The van der Waals surface area contributed by atoms with Crippen molar-refractivity contribution in [2.75, 3.05) is 45.9 Å². The summed E-state index contributed by atoms with van der Waals surface area (Å²) in [5.74, 6) is 1.03. The summed E-state index contributed by atoms with van der Waals surface area (Å²) in [4.78, 5) is 3.60. The van der Waals surface area contributed by atoms with E-state index in [1.54, 1.807) is 15.4 Å². The lowest BCUT2D eigenvalue weighted by molar-refractivity contribution is -1.03. The third-order valence-electron chi connectivity index (χ3n) is 5.26. The van der Waals surface area contributed by atoms with Crippen LogP contribution in [0.25, 0.3) is 0 Å². The normalized spacial score (nSPS) is 28.2. The fourth-order valence-electron chi connectivity index (χ4n) is 4.15. The van der Waals surface area contributed by atoms with Gasteiger partial charge in [-0.1, -0.05) is 6.92 Å². The average Bonchev–Trinajstić information content (AvgIpc) is 2.55. The van der Waals surface area contributed by atoms with E-state index in [1.807, 2.05) is 0 Å². The number of nitrogens with one attached hydrogen (secondary N) is 2. The number of hydrogen-bond donors (Lipinski definition) is 3. The molecule has 4 nitrogen and oxygen atoms in total. The van der Waals surface area contributed by atoms with E-state index in [0.717, 1.165) is 18.9 Å². The molecule has 2 heterocycles. The third kappa shape index (κ3) is 3.45. The van der Waals surface area contributed by atoms with Crippen molar-refractivity contribution < 1.29 is 19.9 Å². The number of ether oxygens (including phenoxy) is 1. The molecule has 0 aliphatic carbocycles. The highest BCUT2D eigenvalue weighted by atomic mass is 16.5. The van der Waals surface area contributed by atoms with Crippen molar-refractivity contribution in [3.63, 3.8) is 0 Å². The minimum atomic E-state index is 0.669. The second-order valence-electron chi connectivity index (χ2n) is 6.73. The van der Waals surface area contributed by atoms with Gasteiger partial charge in [-0.2, -0.15) is 0 Å². The fraction of sp³-hybridized carbons (Fsp3) is 0.667. The second-order valence-corrected chi connectivity index (χ2v) is 6.73. The van der Waals surface area contributed by atoms with E-state index in [0.29, 0.717) is 6.04 Å². The summed E-state index contributed by atoms with van der Waals surface area (Å²) < 4.78 is 5.67. The molecule has 2 aliphatic heterocycles. The van der Waals surface area contributed by atoms with Crippen LogP contribution in [0.1, 0.15) is 37.4 Å². The molecule has 122 valence electrons. The second kappa shape index (κ2) is 7.44. The van der Waals surface area contributed by atoms with E-state index in [9.17, 15) is 0 Å². The zero-order valence-electron chi connectivity index (χ0n) is 14.2. The van der Waals surface area contributed by atoms with Crippen LogP contribution in [-0.2, 0) is 6.54 Å². The number of piperazine rings is 1. The van der Waals surface area contributed by atoms with Crippen LogP contribution in [0.4, 0.5) is 0 Å². The molecule has 1 atom stereocenters. The van der Waals surface area contributed by atoms with E-state index in [4.69, 9.17) is 4.74 Å². The Morgan fingerprint density at radius 3 is 2.73 bits per heavy atom. The minimum absolute atomic E-state index is 0.669. The summed E-state index contributed by atoms with van der Waals surface area (Å²) in [5, 5.41) is 2.47. The Kier molecular flexibility index (Phi) is 5.34. The molecule has 22 heavy (non-hydrogen) atoms. The van der Waals surface area contributed by atoms with Gasteiger partial charge in [-0.25, -0.2) is 0 Å². The molecule has 2 aliphatic rings. The van der Waals surface area contributed by atoms with Crippen molar-refractivity contribution in [3.05, 3.63) is 29.3 Å². The van der Waals surface area contributed by atoms with Crippen LogP contribution in [0.2, 0.25) is 0 Å². The van der Waals surface area contributed by atoms with Crippen molar-refractivity contribution in [1.82, 2.24) is 0 Å². The maximum absolute atomic E-state index is 5.67. The van der Waals surface area contributed by atoms with Gasteiger partial charge in [0.05, 0.1) is 13.2 Å². The van der Waals surface area contributed by atoms with Gasteiger partial charge >= 0.3 is 0 Å². The lowest BCUT2D eigenvalue weighted by Gasteiger charge is -2.36. The molecular formula is C18H32N3O+3. The topological polar surface area (TPSA) is 34.7 Å². The van der Waals surface area contributed by atoms with Gasteiger partial charge in [0, 0.05) is 11.1 Å². The minimum Gasteiger partial charge on any atom is -0.494 e. The highest BCUT2D eigenvalue weighted by molar-refractivity contribution is 5.37. The summed E-state index contributed by atoms with van der Waals surface area (Å²) in [5.41, 5.74) is 3.05. The van der Waals surface area contributed by atoms with Gasteiger partial charge in [0.1, 0.15) is 45.0 Å². The first-order chi connectivity index (χ1) is 10.8.